The Bertz CT molecular complexity index is 1160. The van der Waals surface area contributed by atoms with E-state index in [0.29, 0.717) is 34.8 Å². The maximum Gasteiger partial charge on any atom is 0.250 e. The van der Waals surface area contributed by atoms with E-state index in [9.17, 15) is 9.00 Å². The molecule has 1 amide bonds. The van der Waals surface area contributed by atoms with E-state index in [0.717, 1.165) is 30.6 Å². The zero-order valence-corrected chi connectivity index (χ0v) is 18.6. The fourth-order valence-electron chi connectivity index (χ4n) is 3.87. The van der Waals surface area contributed by atoms with Crippen molar-refractivity contribution in [1.82, 2.24) is 18.9 Å². The molecule has 1 fully saturated rings. The van der Waals surface area contributed by atoms with E-state index in [1.165, 1.54) is 6.33 Å². The first-order valence-electron chi connectivity index (χ1n) is 10.1. The summed E-state index contributed by atoms with van der Waals surface area (Å²) in [6.07, 6.45) is 6.51. The van der Waals surface area contributed by atoms with Gasteiger partial charge in [0, 0.05) is 25.5 Å². The summed E-state index contributed by atoms with van der Waals surface area (Å²) in [5, 5.41) is 7.53. The molecule has 4 rings (SSSR count). The smallest absolute Gasteiger partial charge is 0.250 e. The molecule has 0 bridgehead atoms. The predicted molar refractivity (Wildman–Crippen MR) is 120 cm³/mol. The van der Waals surface area contributed by atoms with Gasteiger partial charge in [0.2, 0.25) is 0 Å². The molecule has 0 aliphatic carbocycles. The average molecular weight is 443 g/mol. The van der Waals surface area contributed by atoms with Crippen LogP contribution in [0.2, 0.25) is 0 Å². The van der Waals surface area contributed by atoms with Gasteiger partial charge in [-0.15, -0.1) is 0 Å². The van der Waals surface area contributed by atoms with Crippen molar-refractivity contribution in [2.24, 2.45) is 5.73 Å². The molecule has 2 atom stereocenters. The largest absolute Gasteiger partial charge is 0.487 e. The molecule has 3 aromatic rings. The molecule has 0 radical (unpaired) electrons. The molecule has 10 heteroatoms. The number of hydrogen-bond donors (Lipinski definition) is 2. The number of aromatic nitrogens is 3. The molecular weight excluding hydrogens is 416 g/mol. The summed E-state index contributed by atoms with van der Waals surface area (Å²) < 4.78 is 21.8. The molecule has 3 N–H and O–H groups in total. The third kappa shape index (κ3) is 4.40. The summed E-state index contributed by atoms with van der Waals surface area (Å²) in [7, 11) is -1.01. The Morgan fingerprint density at radius 3 is 2.90 bits per heavy atom. The first kappa shape index (κ1) is 21.3. The number of aryl methyl sites for hydroxylation is 2. The van der Waals surface area contributed by atoms with Crippen LogP contribution in [0.3, 0.4) is 0 Å². The van der Waals surface area contributed by atoms with Crippen molar-refractivity contribution in [3.8, 4) is 5.75 Å². The normalized spacial score (nSPS) is 18.1. The predicted octanol–water partition coefficient (Wildman–Crippen LogP) is 2.33. The van der Waals surface area contributed by atoms with Gasteiger partial charge in [-0.1, -0.05) is 6.07 Å². The van der Waals surface area contributed by atoms with Gasteiger partial charge in [-0.2, -0.15) is 5.10 Å². The third-order valence-electron chi connectivity index (χ3n) is 5.48. The minimum Gasteiger partial charge on any atom is -0.487 e. The Labute approximate surface area is 183 Å². The molecule has 2 aromatic heterocycles. The molecule has 0 saturated carbocycles. The van der Waals surface area contributed by atoms with E-state index >= 15 is 0 Å². The first-order chi connectivity index (χ1) is 14.8. The zero-order chi connectivity index (χ0) is 22.1. The molecule has 2 unspecified atom stereocenters. The highest BCUT2D eigenvalue weighted by Crippen LogP contribution is 2.33. The van der Waals surface area contributed by atoms with Gasteiger partial charge in [-0.25, -0.2) is 18.0 Å². The number of benzene rings is 1. The highest BCUT2D eigenvalue weighted by Gasteiger charge is 2.24. The number of carbonyl (C=O) groups excluding carboxylic acids is 1. The Morgan fingerprint density at radius 2 is 2.16 bits per heavy atom. The molecule has 1 saturated heterocycles. The van der Waals surface area contributed by atoms with Gasteiger partial charge in [0.1, 0.15) is 23.7 Å². The van der Waals surface area contributed by atoms with Crippen LogP contribution in [0.5, 0.6) is 5.75 Å². The van der Waals surface area contributed by atoms with Crippen molar-refractivity contribution in [1.29, 1.82) is 0 Å². The van der Waals surface area contributed by atoms with Crippen LogP contribution in [0.25, 0.3) is 5.52 Å². The molecule has 9 nitrogen and oxygen atoms in total. The minimum absolute atomic E-state index is 0.0538. The molecule has 1 aromatic carbocycles. The van der Waals surface area contributed by atoms with E-state index in [1.807, 2.05) is 36.4 Å². The summed E-state index contributed by atoms with van der Waals surface area (Å²) in [5.74, 6) is 0.738. The second-order valence-corrected chi connectivity index (χ2v) is 9.12. The van der Waals surface area contributed by atoms with Crippen LogP contribution in [-0.2, 0) is 11.0 Å². The van der Waals surface area contributed by atoms with Crippen LogP contribution in [0, 0.1) is 13.8 Å². The molecule has 1 aliphatic heterocycles. The maximum atomic E-state index is 11.9. The van der Waals surface area contributed by atoms with Gasteiger partial charge in [0.25, 0.3) is 5.91 Å². The molecule has 0 spiro atoms. The number of rotatable bonds is 6. The fourth-order valence-corrected chi connectivity index (χ4v) is 4.64. The van der Waals surface area contributed by atoms with Crippen LogP contribution < -0.4 is 15.8 Å². The lowest BCUT2D eigenvalue weighted by Crippen LogP contribution is -2.41. The van der Waals surface area contributed by atoms with E-state index in [-0.39, 0.29) is 6.10 Å². The molecular formula is C21H26N6O3S. The van der Waals surface area contributed by atoms with Gasteiger partial charge >= 0.3 is 0 Å². The monoisotopic (exact) mass is 442 g/mol. The number of anilines is 2. The Balaban J connectivity index is 1.66. The number of nitrogens with one attached hydrogen (secondary N) is 1. The highest BCUT2D eigenvalue weighted by atomic mass is 32.2. The van der Waals surface area contributed by atoms with Crippen molar-refractivity contribution in [3.05, 3.63) is 47.4 Å². The molecule has 164 valence electrons. The van der Waals surface area contributed by atoms with E-state index in [4.69, 9.17) is 10.5 Å². The van der Waals surface area contributed by atoms with Crippen LogP contribution >= 0.6 is 0 Å². The highest BCUT2D eigenvalue weighted by molar-refractivity contribution is 7.81. The van der Waals surface area contributed by atoms with Gasteiger partial charge in [0.15, 0.2) is 5.82 Å². The number of hydrogen-bond acceptors (Lipinski definition) is 6. The zero-order valence-electron chi connectivity index (χ0n) is 17.8. The minimum atomic E-state index is -1.01. The van der Waals surface area contributed by atoms with E-state index in [1.54, 1.807) is 17.0 Å². The van der Waals surface area contributed by atoms with Gasteiger partial charge in [-0.3, -0.25) is 4.79 Å². The maximum absolute atomic E-state index is 11.9. The van der Waals surface area contributed by atoms with Crippen molar-refractivity contribution in [3.63, 3.8) is 0 Å². The lowest BCUT2D eigenvalue weighted by Gasteiger charge is -2.31. The lowest BCUT2D eigenvalue weighted by molar-refractivity contribution is 0.1000. The number of nitrogens with zero attached hydrogens (tertiary/aromatic N) is 4. The summed E-state index contributed by atoms with van der Waals surface area (Å²) in [6.45, 7) is 5.26. The first-order valence-corrected chi connectivity index (χ1v) is 11.6. The lowest BCUT2D eigenvalue weighted by atomic mass is 10.1. The topological polar surface area (TPSA) is 115 Å². The average Bonchev–Trinajstić information content (AvgIpc) is 3.08. The Hall–Kier alpha value is -2.98. The summed E-state index contributed by atoms with van der Waals surface area (Å²) in [6, 6.07) is 5.90. The summed E-state index contributed by atoms with van der Waals surface area (Å²) >= 11 is 0. The molecule has 3 heterocycles. The molecule has 31 heavy (non-hydrogen) atoms. The number of ether oxygens (including phenoxy) is 1. The van der Waals surface area contributed by atoms with Crippen LogP contribution in [0.1, 0.15) is 34.3 Å². The number of fused-ring (bicyclic) bond motifs is 1. The Kier molecular flexibility index (Phi) is 5.92. The van der Waals surface area contributed by atoms with Crippen LogP contribution in [0.15, 0.2) is 30.7 Å². The third-order valence-corrected chi connectivity index (χ3v) is 6.54. The number of primary amides is 1. The van der Waals surface area contributed by atoms with Gasteiger partial charge in [-0.05, 0) is 49.9 Å². The number of piperidine rings is 1. The summed E-state index contributed by atoms with van der Waals surface area (Å²) in [4.78, 5) is 16.1. The van der Waals surface area contributed by atoms with Crippen LogP contribution in [-0.4, -0.2) is 54.5 Å². The quantitative estimate of drug-likeness (QED) is 0.605. The Morgan fingerprint density at radius 1 is 1.35 bits per heavy atom. The summed E-state index contributed by atoms with van der Waals surface area (Å²) in [5.41, 5.74) is 9.09. The second-order valence-electron chi connectivity index (χ2n) is 7.75. The number of carbonyl (C=O) groups is 1. The fraction of sp³-hybridized carbons (Fsp3) is 0.381. The van der Waals surface area contributed by atoms with Gasteiger partial charge in [0.05, 0.1) is 22.2 Å². The van der Waals surface area contributed by atoms with Crippen molar-refractivity contribution >= 4 is 33.9 Å². The number of nitrogens with two attached hydrogens (primary N) is 1. The van der Waals surface area contributed by atoms with Crippen LogP contribution in [0.4, 0.5) is 11.5 Å². The SMILES string of the molecule is Cc1ccc(Nc2ncnn3cc(C(N)=O)c(C)c23)c(OC2CCCN(S(C)=O)C2)c1. The van der Waals surface area contributed by atoms with E-state index < -0.39 is 16.9 Å². The standard InChI is InChI=1S/C21H26N6O3S/c1-13-6-7-17(18(9-13)30-15-5-4-8-26(10-15)31(3)29)25-21-19-14(2)16(20(22)28)11-27(19)24-12-23-21/h6-7,9,11-12,15H,4-5,8,10H2,1-3H3,(H2,22,28)(H,23,24,25). The van der Waals surface area contributed by atoms with Crippen molar-refractivity contribution in [2.45, 2.75) is 32.8 Å². The van der Waals surface area contributed by atoms with Crippen molar-refractivity contribution in [2.75, 3.05) is 24.7 Å². The number of amides is 1. The van der Waals surface area contributed by atoms with Crippen molar-refractivity contribution < 1.29 is 13.7 Å². The van der Waals surface area contributed by atoms with Gasteiger partial charge < -0.3 is 15.8 Å². The molecule has 1 aliphatic rings. The van der Waals surface area contributed by atoms with E-state index in [2.05, 4.69) is 15.4 Å². The second kappa shape index (κ2) is 8.64.